The summed E-state index contributed by atoms with van der Waals surface area (Å²) in [5, 5.41) is 2.05. The Balaban J connectivity index is 1.45. The van der Waals surface area contributed by atoms with E-state index < -0.39 is 11.8 Å². The van der Waals surface area contributed by atoms with Gasteiger partial charge < -0.3 is 9.47 Å². The zero-order chi connectivity index (χ0) is 19.9. The van der Waals surface area contributed by atoms with Crippen LogP contribution in [0.4, 0.5) is 0 Å². The van der Waals surface area contributed by atoms with Crippen LogP contribution in [0.1, 0.15) is 5.56 Å². The van der Waals surface area contributed by atoms with E-state index in [-0.39, 0.29) is 13.2 Å². The van der Waals surface area contributed by atoms with Gasteiger partial charge in [0.15, 0.2) is 13.2 Å². The maximum absolute atomic E-state index is 11.9. The smallest absolute Gasteiger partial charge is 0.276 e. The molecule has 3 rings (SSSR count). The minimum atomic E-state index is -0.482. The van der Waals surface area contributed by atoms with Gasteiger partial charge in [-0.2, -0.15) is 0 Å². The van der Waals surface area contributed by atoms with E-state index in [1.54, 1.807) is 12.1 Å². The molecule has 7 heteroatoms. The molecule has 0 aliphatic carbocycles. The zero-order valence-electron chi connectivity index (χ0n) is 15.2. The Hall–Kier alpha value is -3.06. The number of aryl methyl sites for hydroxylation is 1. The SMILES string of the molecule is Cc1ccccc1OCC(=O)NNC(=O)COc1ccc2ccccc2c1Br. The van der Waals surface area contributed by atoms with Gasteiger partial charge in [0.25, 0.3) is 11.8 Å². The van der Waals surface area contributed by atoms with Gasteiger partial charge in [-0.1, -0.05) is 48.5 Å². The van der Waals surface area contributed by atoms with Crippen LogP contribution in [0, 0.1) is 6.92 Å². The molecule has 0 aliphatic rings. The molecule has 0 radical (unpaired) electrons. The van der Waals surface area contributed by atoms with Crippen molar-refractivity contribution in [2.45, 2.75) is 6.92 Å². The molecule has 6 nitrogen and oxygen atoms in total. The Morgan fingerprint density at radius 1 is 0.821 bits per heavy atom. The number of para-hydroxylation sites is 1. The van der Waals surface area contributed by atoms with Gasteiger partial charge in [-0.3, -0.25) is 20.4 Å². The molecular formula is C21H19BrN2O4. The Bertz CT molecular complexity index is 1010. The highest BCUT2D eigenvalue weighted by molar-refractivity contribution is 9.10. The fourth-order valence-electron chi connectivity index (χ4n) is 2.54. The molecule has 0 aliphatic heterocycles. The molecule has 3 aromatic carbocycles. The van der Waals surface area contributed by atoms with Crippen molar-refractivity contribution in [3.05, 3.63) is 70.7 Å². The number of fused-ring (bicyclic) bond motifs is 1. The summed E-state index contributed by atoms with van der Waals surface area (Å²) in [5.74, 6) is 0.212. The summed E-state index contributed by atoms with van der Waals surface area (Å²) in [7, 11) is 0. The number of amides is 2. The average Bonchev–Trinajstić information content (AvgIpc) is 2.71. The van der Waals surface area contributed by atoms with Crippen LogP contribution in [0.15, 0.2) is 65.1 Å². The molecular weight excluding hydrogens is 424 g/mol. The van der Waals surface area contributed by atoms with Crippen LogP contribution in [0.5, 0.6) is 11.5 Å². The Morgan fingerprint density at radius 2 is 1.43 bits per heavy atom. The molecule has 0 bridgehead atoms. The fraction of sp³-hybridized carbons (Fsp3) is 0.143. The number of rotatable bonds is 6. The summed E-state index contributed by atoms with van der Waals surface area (Å²) in [6.07, 6.45) is 0. The number of ether oxygens (including phenoxy) is 2. The highest BCUT2D eigenvalue weighted by Crippen LogP contribution is 2.32. The predicted molar refractivity (Wildman–Crippen MR) is 110 cm³/mol. The first-order chi connectivity index (χ1) is 13.5. The molecule has 3 aromatic rings. The molecule has 0 saturated heterocycles. The molecule has 144 valence electrons. The maximum atomic E-state index is 11.9. The molecule has 0 heterocycles. The van der Waals surface area contributed by atoms with Gasteiger partial charge in [-0.05, 0) is 51.3 Å². The van der Waals surface area contributed by atoms with Crippen molar-refractivity contribution in [2.24, 2.45) is 0 Å². The summed E-state index contributed by atoms with van der Waals surface area (Å²) in [6, 6.07) is 18.9. The maximum Gasteiger partial charge on any atom is 0.276 e. The lowest BCUT2D eigenvalue weighted by atomic mass is 10.1. The van der Waals surface area contributed by atoms with Crippen molar-refractivity contribution in [3.8, 4) is 11.5 Å². The van der Waals surface area contributed by atoms with Gasteiger partial charge in [0, 0.05) is 0 Å². The van der Waals surface area contributed by atoms with E-state index in [1.165, 1.54) is 0 Å². The number of benzene rings is 3. The summed E-state index contributed by atoms with van der Waals surface area (Å²) >= 11 is 3.50. The summed E-state index contributed by atoms with van der Waals surface area (Å²) in [4.78, 5) is 23.7. The number of hydrogen-bond acceptors (Lipinski definition) is 4. The number of carbonyl (C=O) groups is 2. The molecule has 0 unspecified atom stereocenters. The van der Waals surface area contributed by atoms with Crippen LogP contribution < -0.4 is 20.3 Å². The zero-order valence-corrected chi connectivity index (χ0v) is 16.8. The first kappa shape index (κ1) is 19.7. The topological polar surface area (TPSA) is 76.7 Å². The summed E-state index contributed by atoms with van der Waals surface area (Å²) < 4.78 is 11.7. The average molecular weight is 443 g/mol. The van der Waals surface area contributed by atoms with Crippen LogP contribution >= 0.6 is 15.9 Å². The number of hydrogen-bond donors (Lipinski definition) is 2. The Morgan fingerprint density at radius 3 is 2.14 bits per heavy atom. The molecule has 2 N–H and O–H groups in total. The van der Waals surface area contributed by atoms with E-state index in [0.717, 1.165) is 20.8 Å². The lowest BCUT2D eigenvalue weighted by molar-refractivity contribution is -0.131. The molecule has 0 saturated carbocycles. The molecule has 2 amide bonds. The van der Waals surface area contributed by atoms with Crippen LogP contribution in [-0.4, -0.2) is 25.0 Å². The van der Waals surface area contributed by atoms with E-state index >= 15 is 0 Å². The van der Waals surface area contributed by atoms with Crippen molar-refractivity contribution in [3.63, 3.8) is 0 Å². The third-order valence-corrected chi connectivity index (χ3v) is 4.80. The van der Waals surface area contributed by atoms with Gasteiger partial charge in [0.1, 0.15) is 11.5 Å². The van der Waals surface area contributed by atoms with Crippen molar-refractivity contribution < 1.29 is 19.1 Å². The number of carbonyl (C=O) groups excluding carboxylic acids is 2. The van der Waals surface area contributed by atoms with Crippen molar-refractivity contribution in [1.82, 2.24) is 10.9 Å². The second-order valence-electron chi connectivity index (χ2n) is 6.04. The lowest BCUT2D eigenvalue weighted by Gasteiger charge is -2.12. The fourth-order valence-corrected chi connectivity index (χ4v) is 3.15. The minimum Gasteiger partial charge on any atom is -0.483 e. The quantitative estimate of drug-likeness (QED) is 0.572. The third kappa shape index (κ3) is 5.01. The Labute approximate surface area is 170 Å². The van der Waals surface area contributed by atoms with Gasteiger partial charge in [0.2, 0.25) is 0 Å². The molecule has 0 fully saturated rings. The highest BCUT2D eigenvalue weighted by atomic mass is 79.9. The van der Waals surface area contributed by atoms with E-state index in [2.05, 4.69) is 26.8 Å². The third-order valence-electron chi connectivity index (χ3n) is 3.98. The van der Waals surface area contributed by atoms with E-state index in [9.17, 15) is 9.59 Å². The summed E-state index contributed by atoms with van der Waals surface area (Å²) in [5.41, 5.74) is 5.52. The first-order valence-electron chi connectivity index (χ1n) is 8.61. The highest BCUT2D eigenvalue weighted by Gasteiger charge is 2.10. The van der Waals surface area contributed by atoms with Crippen LogP contribution in [-0.2, 0) is 9.59 Å². The van der Waals surface area contributed by atoms with Gasteiger partial charge in [-0.15, -0.1) is 0 Å². The van der Waals surface area contributed by atoms with E-state index in [0.29, 0.717) is 11.5 Å². The van der Waals surface area contributed by atoms with Crippen LogP contribution in [0.3, 0.4) is 0 Å². The first-order valence-corrected chi connectivity index (χ1v) is 9.40. The summed E-state index contributed by atoms with van der Waals surface area (Å²) in [6.45, 7) is 1.44. The van der Waals surface area contributed by atoms with Crippen molar-refractivity contribution >= 4 is 38.5 Å². The van der Waals surface area contributed by atoms with Gasteiger partial charge in [-0.25, -0.2) is 0 Å². The van der Waals surface area contributed by atoms with Crippen LogP contribution in [0.2, 0.25) is 0 Å². The molecule has 28 heavy (non-hydrogen) atoms. The molecule has 0 atom stereocenters. The monoisotopic (exact) mass is 442 g/mol. The lowest BCUT2D eigenvalue weighted by Crippen LogP contribution is -2.45. The normalized spacial score (nSPS) is 10.4. The van der Waals surface area contributed by atoms with Gasteiger partial charge >= 0.3 is 0 Å². The number of nitrogens with one attached hydrogen (secondary N) is 2. The van der Waals surface area contributed by atoms with Crippen molar-refractivity contribution in [2.75, 3.05) is 13.2 Å². The van der Waals surface area contributed by atoms with Crippen molar-refractivity contribution in [1.29, 1.82) is 0 Å². The van der Waals surface area contributed by atoms with E-state index in [1.807, 2.05) is 55.5 Å². The standard InChI is InChI=1S/C21H19BrN2O4/c1-14-6-2-5-9-17(14)27-12-19(25)23-24-20(26)13-28-18-11-10-15-7-3-4-8-16(15)21(18)22/h2-11H,12-13H2,1H3,(H,23,25)(H,24,26). The van der Waals surface area contributed by atoms with Crippen LogP contribution in [0.25, 0.3) is 10.8 Å². The van der Waals surface area contributed by atoms with E-state index in [4.69, 9.17) is 9.47 Å². The second-order valence-corrected chi connectivity index (χ2v) is 6.83. The Kier molecular flexibility index (Phi) is 6.49. The largest absolute Gasteiger partial charge is 0.483 e. The second kappa shape index (κ2) is 9.23. The molecule has 0 aromatic heterocycles. The predicted octanol–water partition coefficient (Wildman–Crippen LogP) is 3.52. The molecule has 0 spiro atoms. The number of halogens is 1. The van der Waals surface area contributed by atoms with Gasteiger partial charge in [0.05, 0.1) is 4.47 Å². The number of hydrazine groups is 1. The minimum absolute atomic E-state index is 0.206.